The Morgan fingerprint density at radius 3 is 2.64 bits per heavy atom. The number of oxime groups is 1. The highest BCUT2D eigenvalue weighted by Crippen LogP contribution is 2.22. The van der Waals surface area contributed by atoms with Crippen molar-refractivity contribution in [2.75, 3.05) is 13.2 Å². The standard InChI is InChI=1S/C21H30N2O2/c1-21(2,3)19-11-9-18(10-12-19)15-23-25-16-20(24)22-14-13-17-7-5-4-6-8-17/h7,9-12,15H,4-6,8,13-14,16H2,1-3H3,(H,22,24)/b23-15+. The van der Waals surface area contributed by atoms with Crippen LogP contribution >= 0.6 is 0 Å². The molecular formula is C21H30N2O2. The lowest BCUT2D eigenvalue weighted by Crippen LogP contribution is -2.28. The fraction of sp³-hybridized carbons (Fsp3) is 0.524. The normalized spacial score (nSPS) is 15.1. The fourth-order valence-corrected chi connectivity index (χ4v) is 2.81. The third-order valence-corrected chi connectivity index (χ3v) is 4.40. The first-order valence-corrected chi connectivity index (χ1v) is 9.15. The summed E-state index contributed by atoms with van der Waals surface area (Å²) in [4.78, 5) is 16.8. The minimum absolute atomic E-state index is 0.0460. The van der Waals surface area contributed by atoms with Gasteiger partial charge in [-0.05, 0) is 48.6 Å². The van der Waals surface area contributed by atoms with Crippen molar-refractivity contribution in [1.29, 1.82) is 0 Å². The second-order valence-electron chi connectivity index (χ2n) is 7.59. The molecule has 0 bridgehead atoms. The number of carbonyl (C=O) groups is 1. The SMILES string of the molecule is CC(C)(C)c1ccc(/C=N/OCC(=O)NCCC2=CCCCC2)cc1. The Balaban J connectivity index is 1.64. The molecule has 0 aliphatic heterocycles. The van der Waals surface area contributed by atoms with Crippen LogP contribution in [0, 0.1) is 0 Å². The largest absolute Gasteiger partial charge is 0.386 e. The highest BCUT2D eigenvalue weighted by molar-refractivity contribution is 5.79. The number of benzene rings is 1. The van der Waals surface area contributed by atoms with Gasteiger partial charge in [-0.15, -0.1) is 0 Å². The van der Waals surface area contributed by atoms with Gasteiger partial charge in [0, 0.05) is 6.54 Å². The van der Waals surface area contributed by atoms with Crippen LogP contribution in [0.5, 0.6) is 0 Å². The molecule has 0 saturated heterocycles. The second-order valence-corrected chi connectivity index (χ2v) is 7.59. The lowest BCUT2D eigenvalue weighted by atomic mass is 9.87. The molecule has 1 amide bonds. The molecule has 25 heavy (non-hydrogen) atoms. The minimum Gasteiger partial charge on any atom is -0.386 e. The van der Waals surface area contributed by atoms with Crippen LogP contribution in [0.1, 0.15) is 64.0 Å². The van der Waals surface area contributed by atoms with E-state index in [1.165, 1.54) is 36.8 Å². The smallest absolute Gasteiger partial charge is 0.260 e. The number of allylic oxidation sites excluding steroid dienone is 1. The molecule has 1 N–H and O–H groups in total. The molecule has 2 rings (SSSR count). The first-order valence-electron chi connectivity index (χ1n) is 9.15. The Hall–Kier alpha value is -2.10. The fourth-order valence-electron chi connectivity index (χ4n) is 2.81. The number of amides is 1. The molecule has 4 heteroatoms. The maximum Gasteiger partial charge on any atom is 0.260 e. The average molecular weight is 342 g/mol. The van der Waals surface area contributed by atoms with E-state index in [-0.39, 0.29) is 17.9 Å². The first kappa shape index (κ1) is 19.2. The summed E-state index contributed by atoms with van der Waals surface area (Å²) in [6.07, 6.45) is 9.79. The van der Waals surface area contributed by atoms with Crippen molar-refractivity contribution in [3.63, 3.8) is 0 Å². The van der Waals surface area contributed by atoms with E-state index < -0.39 is 0 Å². The van der Waals surface area contributed by atoms with Gasteiger partial charge in [0.25, 0.3) is 5.91 Å². The van der Waals surface area contributed by atoms with Gasteiger partial charge >= 0.3 is 0 Å². The summed E-state index contributed by atoms with van der Waals surface area (Å²) in [5, 5.41) is 6.75. The van der Waals surface area contributed by atoms with E-state index in [9.17, 15) is 4.79 Å². The quantitative estimate of drug-likeness (QED) is 0.455. The highest BCUT2D eigenvalue weighted by Gasteiger charge is 2.12. The maximum atomic E-state index is 11.7. The number of hydrogen-bond donors (Lipinski definition) is 1. The third-order valence-electron chi connectivity index (χ3n) is 4.40. The van der Waals surface area contributed by atoms with Gasteiger partial charge in [-0.1, -0.05) is 61.8 Å². The van der Waals surface area contributed by atoms with Gasteiger partial charge < -0.3 is 10.2 Å². The van der Waals surface area contributed by atoms with Gasteiger partial charge in [0.1, 0.15) is 0 Å². The zero-order valence-corrected chi connectivity index (χ0v) is 15.7. The van der Waals surface area contributed by atoms with Gasteiger partial charge in [0.15, 0.2) is 6.61 Å². The Labute approximate surface area is 151 Å². The van der Waals surface area contributed by atoms with Crippen LogP contribution in [0.4, 0.5) is 0 Å². The van der Waals surface area contributed by atoms with Gasteiger partial charge in [-0.25, -0.2) is 0 Å². The van der Waals surface area contributed by atoms with E-state index >= 15 is 0 Å². The molecule has 1 aliphatic rings. The number of nitrogens with zero attached hydrogens (tertiary/aromatic N) is 1. The van der Waals surface area contributed by atoms with E-state index in [4.69, 9.17) is 4.84 Å². The summed E-state index contributed by atoms with van der Waals surface area (Å²) in [6, 6.07) is 8.19. The number of hydrogen-bond acceptors (Lipinski definition) is 3. The van der Waals surface area contributed by atoms with Gasteiger partial charge in [-0.2, -0.15) is 0 Å². The molecule has 0 unspecified atom stereocenters. The van der Waals surface area contributed by atoms with Crippen LogP contribution in [0.15, 0.2) is 41.1 Å². The Morgan fingerprint density at radius 1 is 1.24 bits per heavy atom. The van der Waals surface area contributed by atoms with Crippen molar-refractivity contribution in [2.24, 2.45) is 5.16 Å². The average Bonchev–Trinajstić information content (AvgIpc) is 2.59. The molecule has 4 nitrogen and oxygen atoms in total. The lowest BCUT2D eigenvalue weighted by Gasteiger charge is -2.18. The molecule has 0 spiro atoms. The zero-order chi connectivity index (χ0) is 18.1. The monoisotopic (exact) mass is 342 g/mol. The summed E-state index contributed by atoms with van der Waals surface area (Å²) in [5.41, 5.74) is 3.83. The van der Waals surface area contributed by atoms with Crippen LogP contribution in [0.2, 0.25) is 0 Å². The molecule has 0 atom stereocenters. The molecule has 0 fully saturated rings. The summed E-state index contributed by atoms with van der Waals surface area (Å²) < 4.78 is 0. The molecule has 1 aromatic carbocycles. The molecule has 0 aromatic heterocycles. The molecule has 0 radical (unpaired) electrons. The molecule has 0 heterocycles. The highest BCUT2D eigenvalue weighted by atomic mass is 16.6. The topological polar surface area (TPSA) is 50.7 Å². The van der Waals surface area contributed by atoms with Crippen molar-refractivity contribution in [3.8, 4) is 0 Å². The van der Waals surface area contributed by atoms with E-state index in [1.54, 1.807) is 6.21 Å². The van der Waals surface area contributed by atoms with Gasteiger partial charge in [-0.3, -0.25) is 4.79 Å². The predicted molar refractivity (Wildman–Crippen MR) is 103 cm³/mol. The molecule has 1 aliphatic carbocycles. The van der Waals surface area contributed by atoms with Gasteiger partial charge in [0.05, 0.1) is 6.21 Å². The van der Waals surface area contributed by atoms with E-state index in [0.29, 0.717) is 6.54 Å². The maximum absolute atomic E-state index is 11.7. The minimum atomic E-state index is -0.128. The van der Waals surface area contributed by atoms with E-state index in [2.05, 4.69) is 49.5 Å². The van der Waals surface area contributed by atoms with Crippen LogP contribution in [0.25, 0.3) is 0 Å². The number of nitrogens with one attached hydrogen (secondary N) is 1. The van der Waals surface area contributed by atoms with Crippen LogP contribution in [-0.2, 0) is 15.0 Å². The van der Waals surface area contributed by atoms with Crippen molar-refractivity contribution in [3.05, 3.63) is 47.0 Å². The summed E-state index contributed by atoms with van der Waals surface area (Å²) in [5.74, 6) is -0.128. The molecular weight excluding hydrogens is 312 g/mol. The summed E-state index contributed by atoms with van der Waals surface area (Å²) in [6.45, 7) is 7.18. The van der Waals surface area contributed by atoms with Crippen LogP contribution < -0.4 is 5.32 Å². The van der Waals surface area contributed by atoms with E-state index in [1.807, 2.05) is 12.1 Å². The van der Waals surface area contributed by atoms with Gasteiger partial charge in [0.2, 0.25) is 0 Å². The van der Waals surface area contributed by atoms with Crippen molar-refractivity contribution >= 4 is 12.1 Å². The molecule has 136 valence electrons. The van der Waals surface area contributed by atoms with Crippen molar-refractivity contribution < 1.29 is 9.63 Å². The zero-order valence-electron chi connectivity index (χ0n) is 15.7. The Morgan fingerprint density at radius 2 is 2.00 bits per heavy atom. The number of carbonyl (C=O) groups excluding carboxylic acids is 1. The van der Waals surface area contributed by atoms with Crippen LogP contribution in [0.3, 0.4) is 0 Å². The molecule has 1 aromatic rings. The van der Waals surface area contributed by atoms with Crippen molar-refractivity contribution in [1.82, 2.24) is 5.32 Å². The van der Waals surface area contributed by atoms with Crippen LogP contribution in [-0.4, -0.2) is 25.3 Å². The Bertz CT molecular complexity index is 610. The first-order chi connectivity index (χ1) is 11.9. The second kappa shape index (κ2) is 9.40. The van der Waals surface area contributed by atoms with Crippen molar-refractivity contribution in [2.45, 2.75) is 58.3 Å². The summed E-state index contributed by atoms with van der Waals surface area (Å²) in [7, 11) is 0. The number of rotatable bonds is 7. The molecule has 0 saturated carbocycles. The third kappa shape index (κ3) is 7.12. The Kier molecular flexibility index (Phi) is 7.23. The van der Waals surface area contributed by atoms with E-state index in [0.717, 1.165) is 12.0 Å². The predicted octanol–water partition coefficient (Wildman–Crippen LogP) is 4.34. The lowest BCUT2D eigenvalue weighted by molar-refractivity contribution is -0.125. The summed E-state index contributed by atoms with van der Waals surface area (Å²) >= 11 is 0.